The lowest BCUT2D eigenvalue weighted by atomic mass is 10.2. The summed E-state index contributed by atoms with van der Waals surface area (Å²) in [6, 6.07) is 18.5. The number of esters is 1. The summed E-state index contributed by atoms with van der Waals surface area (Å²) in [7, 11) is 0. The van der Waals surface area contributed by atoms with Gasteiger partial charge in [-0.1, -0.05) is 36.4 Å². The van der Waals surface area contributed by atoms with Crippen molar-refractivity contribution >= 4 is 35.3 Å². The van der Waals surface area contributed by atoms with Crippen LogP contribution in [0, 0.1) is 0 Å². The van der Waals surface area contributed by atoms with Crippen LogP contribution in [-0.2, 0) is 14.3 Å². The highest BCUT2D eigenvalue weighted by Gasteiger charge is 2.33. The smallest absolute Gasteiger partial charge is 0.310 e. The Bertz CT molecular complexity index is 1040. The molecule has 35 heavy (non-hydrogen) atoms. The zero-order chi connectivity index (χ0) is 24.6. The summed E-state index contributed by atoms with van der Waals surface area (Å²) in [5.41, 5.74) is 2.25. The molecule has 2 aliphatic rings. The topological polar surface area (TPSA) is 74.7 Å². The van der Waals surface area contributed by atoms with E-state index in [9.17, 15) is 9.59 Å². The average molecular weight is 497 g/mol. The number of ether oxygens (including phenoxy) is 2. The van der Waals surface area contributed by atoms with Crippen LogP contribution < -0.4 is 9.64 Å². The van der Waals surface area contributed by atoms with Crippen molar-refractivity contribution in [3.05, 3.63) is 60.2 Å². The first-order valence-corrected chi connectivity index (χ1v) is 13.0. The monoisotopic (exact) mass is 496 g/mol. The van der Waals surface area contributed by atoms with Crippen molar-refractivity contribution in [3.8, 4) is 5.75 Å². The molecule has 186 valence electrons. The van der Waals surface area contributed by atoms with Crippen LogP contribution in [0.5, 0.6) is 5.75 Å². The van der Waals surface area contributed by atoms with Crippen molar-refractivity contribution in [2.24, 2.45) is 4.99 Å². The number of rotatable bonds is 6. The minimum absolute atomic E-state index is 0.0473. The van der Waals surface area contributed by atoms with Crippen molar-refractivity contribution in [1.82, 2.24) is 9.80 Å². The number of carbonyl (C=O) groups excluding carboxylic acids is 2. The van der Waals surface area contributed by atoms with E-state index >= 15 is 0 Å². The molecule has 0 N–H and O–H groups in total. The lowest BCUT2D eigenvalue weighted by Crippen LogP contribution is -2.47. The van der Waals surface area contributed by atoms with Gasteiger partial charge in [0, 0.05) is 70.1 Å². The molecule has 2 aliphatic heterocycles. The molecule has 2 fully saturated rings. The highest BCUT2D eigenvalue weighted by atomic mass is 32.2. The fraction of sp³-hybridized carbons (Fsp3) is 0.423. The van der Waals surface area contributed by atoms with Gasteiger partial charge in [0.05, 0.1) is 0 Å². The van der Waals surface area contributed by atoms with Gasteiger partial charge in [-0.2, -0.15) is 4.99 Å². The van der Waals surface area contributed by atoms with Crippen molar-refractivity contribution in [1.29, 1.82) is 0 Å². The van der Waals surface area contributed by atoms with Crippen LogP contribution in [0.4, 0.5) is 5.69 Å². The largest absolute Gasteiger partial charge is 0.492 e. The van der Waals surface area contributed by atoms with E-state index in [0.717, 1.165) is 49.8 Å². The lowest BCUT2D eigenvalue weighted by Gasteiger charge is -2.36. The molecule has 1 atom stereocenters. The molecular formula is C26H32N4O4S. The second-order valence-corrected chi connectivity index (χ2v) is 9.66. The van der Waals surface area contributed by atoms with Crippen LogP contribution in [0.1, 0.15) is 24.8 Å². The van der Waals surface area contributed by atoms with Gasteiger partial charge in [-0.3, -0.25) is 14.5 Å². The van der Waals surface area contributed by atoms with E-state index in [2.05, 4.69) is 39.1 Å². The second kappa shape index (κ2) is 12.1. The fourth-order valence-corrected chi connectivity index (χ4v) is 5.58. The highest BCUT2D eigenvalue weighted by Crippen LogP contribution is 2.42. The van der Waals surface area contributed by atoms with E-state index in [-0.39, 0.29) is 11.4 Å². The summed E-state index contributed by atoms with van der Waals surface area (Å²) in [5, 5.41) is -0.155. The van der Waals surface area contributed by atoms with Gasteiger partial charge in [0.25, 0.3) is 0 Å². The van der Waals surface area contributed by atoms with Gasteiger partial charge in [0.1, 0.15) is 17.7 Å². The third kappa shape index (κ3) is 6.76. The number of nitrogens with zero attached hydrogens (tertiary/aromatic N) is 4. The maximum Gasteiger partial charge on any atom is 0.310 e. The molecule has 8 nitrogen and oxygen atoms in total. The number of benzene rings is 2. The van der Waals surface area contributed by atoms with Crippen molar-refractivity contribution in [3.63, 3.8) is 0 Å². The van der Waals surface area contributed by atoms with Crippen LogP contribution in [0.25, 0.3) is 0 Å². The molecule has 2 heterocycles. The summed E-state index contributed by atoms with van der Waals surface area (Å²) in [5.74, 6) is 0.708. The molecule has 0 radical (unpaired) electrons. The summed E-state index contributed by atoms with van der Waals surface area (Å²) in [4.78, 5) is 33.9. The minimum atomic E-state index is -0.502. The van der Waals surface area contributed by atoms with Crippen LogP contribution in [0.2, 0.25) is 0 Å². The molecule has 0 bridgehead atoms. The average Bonchev–Trinajstić information content (AvgIpc) is 3.34. The Kier molecular flexibility index (Phi) is 8.65. The number of carbonyl (C=O) groups is 2. The Balaban J connectivity index is 1.36. The lowest BCUT2D eigenvalue weighted by molar-refractivity contribution is -0.133. The number of piperazine rings is 1. The minimum Gasteiger partial charge on any atom is -0.492 e. The first kappa shape index (κ1) is 25.1. The van der Waals surface area contributed by atoms with Crippen LogP contribution in [-0.4, -0.2) is 79.3 Å². The normalized spacial score (nSPS) is 19.0. The zero-order valence-electron chi connectivity index (χ0n) is 20.3. The summed E-state index contributed by atoms with van der Waals surface area (Å²) >= 11 is 1.71. The number of hydrogen-bond acceptors (Lipinski definition) is 7. The first-order valence-electron chi connectivity index (χ1n) is 11.9. The molecule has 0 spiro atoms. The maximum absolute atomic E-state index is 11.7. The number of amides is 1. The van der Waals surface area contributed by atoms with Gasteiger partial charge in [-0.25, -0.2) is 0 Å². The van der Waals surface area contributed by atoms with E-state index in [1.165, 1.54) is 19.5 Å². The van der Waals surface area contributed by atoms with Crippen LogP contribution in [0.3, 0.4) is 0 Å². The Morgan fingerprint density at radius 2 is 1.69 bits per heavy atom. The SMILES string of the molecule is CC(=O)/N=C(\OC(C)=O)N1CCSC1c1ccccc1OCCN1CCN(c2ccccc2)CC1. The molecule has 1 amide bonds. The van der Waals surface area contributed by atoms with E-state index in [1.54, 1.807) is 11.8 Å². The van der Waals surface area contributed by atoms with Gasteiger partial charge in [-0.05, 0) is 18.2 Å². The maximum atomic E-state index is 11.7. The van der Waals surface area contributed by atoms with E-state index in [1.807, 2.05) is 35.2 Å². The molecule has 0 aliphatic carbocycles. The molecular weight excluding hydrogens is 464 g/mol. The standard InChI is InChI=1S/C26H32N4O4S/c1-20(31)27-26(34-21(2)32)30-17-19-35-25(30)23-10-6-7-11-24(23)33-18-16-28-12-14-29(15-13-28)22-8-4-3-5-9-22/h3-11,25H,12-19H2,1-2H3/b27-26-. The molecule has 9 heteroatoms. The number of hydrogen-bond donors (Lipinski definition) is 0. The van der Waals surface area contributed by atoms with Crippen molar-refractivity contribution in [2.45, 2.75) is 19.2 Å². The Morgan fingerprint density at radius 3 is 2.40 bits per heavy atom. The Morgan fingerprint density at radius 1 is 0.971 bits per heavy atom. The third-order valence-electron chi connectivity index (χ3n) is 5.97. The van der Waals surface area contributed by atoms with Crippen LogP contribution >= 0.6 is 11.8 Å². The summed E-state index contributed by atoms with van der Waals surface area (Å²) < 4.78 is 11.5. The molecule has 0 aromatic heterocycles. The van der Waals surface area contributed by atoms with Crippen molar-refractivity contribution < 1.29 is 19.1 Å². The van der Waals surface area contributed by atoms with Gasteiger partial charge >= 0.3 is 12.0 Å². The molecule has 2 saturated heterocycles. The van der Waals surface area contributed by atoms with Gasteiger partial charge in [0.2, 0.25) is 5.91 Å². The van der Waals surface area contributed by atoms with E-state index in [4.69, 9.17) is 9.47 Å². The Hall–Kier alpha value is -3.04. The number of amidine groups is 1. The molecule has 2 aromatic rings. The predicted molar refractivity (Wildman–Crippen MR) is 139 cm³/mol. The first-order chi connectivity index (χ1) is 17.0. The third-order valence-corrected chi connectivity index (χ3v) is 7.21. The van der Waals surface area contributed by atoms with E-state index < -0.39 is 11.9 Å². The van der Waals surface area contributed by atoms with Gasteiger partial charge in [-0.15, -0.1) is 11.8 Å². The van der Waals surface area contributed by atoms with Crippen molar-refractivity contribution in [2.75, 3.05) is 56.5 Å². The van der Waals surface area contributed by atoms with Crippen LogP contribution in [0.15, 0.2) is 59.6 Å². The summed E-state index contributed by atoms with van der Waals surface area (Å²) in [6.07, 6.45) is 0. The summed E-state index contributed by atoms with van der Waals surface area (Å²) in [6.45, 7) is 8.71. The number of aliphatic imine (C=N–C) groups is 1. The number of thioether (sulfide) groups is 1. The molecule has 1 unspecified atom stereocenters. The molecule has 0 saturated carbocycles. The number of anilines is 1. The second-order valence-electron chi connectivity index (χ2n) is 8.47. The predicted octanol–water partition coefficient (Wildman–Crippen LogP) is 3.40. The molecule has 2 aromatic carbocycles. The highest BCUT2D eigenvalue weighted by molar-refractivity contribution is 7.99. The quantitative estimate of drug-likeness (QED) is 0.342. The van der Waals surface area contributed by atoms with Gasteiger partial charge in [0.15, 0.2) is 0 Å². The number of para-hydroxylation sites is 2. The fourth-order valence-electron chi connectivity index (χ4n) is 4.30. The van der Waals surface area contributed by atoms with E-state index in [0.29, 0.717) is 13.2 Å². The van der Waals surface area contributed by atoms with Gasteiger partial charge < -0.3 is 19.3 Å². The molecule has 4 rings (SSSR count). The zero-order valence-corrected chi connectivity index (χ0v) is 21.1. The Labute approximate surface area is 210 Å².